The van der Waals surface area contributed by atoms with Crippen LogP contribution in [0.15, 0.2) is 0 Å². The van der Waals surface area contributed by atoms with E-state index in [2.05, 4.69) is 23.8 Å². The Morgan fingerprint density at radius 3 is 2.65 bits per heavy atom. The Kier molecular flexibility index (Phi) is 4.45. The van der Waals surface area contributed by atoms with E-state index in [1.54, 1.807) is 0 Å². The summed E-state index contributed by atoms with van der Waals surface area (Å²) in [5.41, 5.74) is 6.43. The Balaban J connectivity index is 1.97. The van der Waals surface area contributed by atoms with Gasteiger partial charge >= 0.3 is 0 Å². The van der Waals surface area contributed by atoms with Crippen LogP contribution in [0.4, 0.5) is 0 Å². The van der Waals surface area contributed by atoms with E-state index >= 15 is 0 Å². The Bertz CT molecular complexity index is 240. The van der Waals surface area contributed by atoms with E-state index in [-0.39, 0.29) is 0 Å². The van der Waals surface area contributed by atoms with Crippen LogP contribution in [0.2, 0.25) is 0 Å². The summed E-state index contributed by atoms with van der Waals surface area (Å²) in [5, 5.41) is 0. The number of likely N-dealkylation sites (tertiary alicyclic amines) is 1. The molecule has 2 aliphatic rings. The van der Waals surface area contributed by atoms with Crippen molar-refractivity contribution in [2.24, 2.45) is 5.73 Å². The fraction of sp³-hybridized carbons (Fsp3) is 1.00. The molecule has 1 saturated carbocycles. The van der Waals surface area contributed by atoms with Gasteiger partial charge in [-0.25, -0.2) is 0 Å². The Morgan fingerprint density at radius 1 is 1.29 bits per heavy atom. The van der Waals surface area contributed by atoms with Gasteiger partial charge in [-0.3, -0.25) is 4.90 Å². The lowest BCUT2D eigenvalue weighted by Gasteiger charge is -2.41. The molecule has 1 saturated heterocycles. The van der Waals surface area contributed by atoms with Crippen LogP contribution in [0, 0.1) is 0 Å². The minimum Gasteiger partial charge on any atom is -0.329 e. The van der Waals surface area contributed by atoms with Crippen molar-refractivity contribution in [3.63, 3.8) is 0 Å². The molecule has 0 radical (unpaired) electrons. The highest BCUT2D eigenvalue weighted by Crippen LogP contribution is 2.36. The zero-order valence-electron chi connectivity index (χ0n) is 11.6. The maximum Gasteiger partial charge on any atom is 0.0344 e. The quantitative estimate of drug-likeness (QED) is 0.792. The van der Waals surface area contributed by atoms with Gasteiger partial charge in [0.15, 0.2) is 0 Å². The predicted molar refractivity (Wildman–Crippen MR) is 73.2 cm³/mol. The molecule has 3 nitrogen and oxygen atoms in total. The van der Waals surface area contributed by atoms with E-state index in [1.807, 2.05) is 0 Å². The van der Waals surface area contributed by atoms with Gasteiger partial charge in [0.2, 0.25) is 0 Å². The molecular formula is C14H29N3. The summed E-state index contributed by atoms with van der Waals surface area (Å²) in [6.45, 7) is 6.88. The highest BCUT2D eigenvalue weighted by Gasteiger charge is 2.41. The number of nitrogens with zero attached hydrogens (tertiary/aromatic N) is 2. The van der Waals surface area contributed by atoms with Crippen molar-refractivity contribution in [3.8, 4) is 0 Å². The first-order valence-electron chi connectivity index (χ1n) is 7.37. The van der Waals surface area contributed by atoms with E-state index in [0.29, 0.717) is 5.54 Å². The predicted octanol–water partition coefficient (Wildman–Crippen LogP) is 1.67. The van der Waals surface area contributed by atoms with E-state index in [0.717, 1.165) is 12.6 Å². The van der Waals surface area contributed by atoms with Crippen LogP contribution < -0.4 is 5.73 Å². The highest BCUT2D eigenvalue weighted by atomic mass is 15.2. The van der Waals surface area contributed by atoms with Crippen LogP contribution in [0.3, 0.4) is 0 Å². The zero-order valence-corrected chi connectivity index (χ0v) is 11.6. The molecule has 1 aliphatic heterocycles. The lowest BCUT2D eigenvalue weighted by Crippen LogP contribution is -2.53. The average molecular weight is 239 g/mol. The second-order valence-corrected chi connectivity index (χ2v) is 5.97. The van der Waals surface area contributed by atoms with Crippen LogP contribution >= 0.6 is 0 Å². The van der Waals surface area contributed by atoms with Crippen LogP contribution in [0.1, 0.15) is 45.4 Å². The minimum absolute atomic E-state index is 0.295. The molecule has 0 aromatic rings. The van der Waals surface area contributed by atoms with Crippen LogP contribution in [0.25, 0.3) is 0 Å². The molecule has 17 heavy (non-hydrogen) atoms. The largest absolute Gasteiger partial charge is 0.329 e. The van der Waals surface area contributed by atoms with Gasteiger partial charge in [-0.15, -0.1) is 0 Å². The molecule has 0 aromatic heterocycles. The summed E-state index contributed by atoms with van der Waals surface area (Å²) in [4.78, 5) is 5.24. The number of nitrogens with two attached hydrogens (primary N) is 1. The second kappa shape index (κ2) is 5.68. The van der Waals surface area contributed by atoms with Crippen molar-refractivity contribution >= 4 is 0 Å². The lowest BCUT2D eigenvalue weighted by atomic mass is 9.88. The molecule has 2 N–H and O–H groups in total. The summed E-state index contributed by atoms with van der Waals surface area (Å²) in [6.07, 6.45) is 7.91. The molecule has 1 heterocycles. The molecule has 1 unspecified atom stereocenters. The van der Waals surface area contributed by atoms with Gasteiger partial charge < -0.3 is 10.6 Å². The number of rotatable bonds is 5. The van der Waals surface area contributed by atoms with E-state index < -0.39 is 0 Å². The van der Waals surface area contributed by atoms with Gasteiger partial charge in [-0.2, -0.15) is 0 Å². The van der Waals surface area contributed by atoms with Crippen molar-refractivity contribution in [1.29, 1.82) is 0 Å². The first-order chi connectivity index (χ1) is 8.22. The maximum atomic E-state index is 6.13. The SMILES string of the molecule is CCCN1CCCC(CN)(N(C)C2CC2)CC1. The van der Waals surface area contributed by atoms with Gasteiger partial charge in [-0.05, 0) is 65.2 Å². The topological polar surface area (TPSA) is 32.5 Å². The third-order valence-corrected chi connectivity index (χ3v) is 4.77. The third-order valence-electron chi connectivity index (χ3n) is 4.77. The van der Waals surface area contributed by atoms with Crippen molar-refractivity contribution in [1.82, 2.24) is 9.80 Å². The molecule has 1 aliphatic carbocycles. The average Bonchev–Trinajstić information content (AvgIpc) is 3.16. The molecule has 0 bridgehead atoms. The Hall–Kier alpha value is -0.120. The van der Waals surface area contributed by atoms with Gasteiger partial charge in [0.1, 0.15) is 0 Å². The zero-order chi connectivity index (χ0) is 12.3. The van der Waals surface area contributed by atoms with Crippen molar-refractivity contribution < 1.29 is 0 Å². The van der Waals surface area contributed by atoms with Gasteiger partial charge in [0.05, 0.1) is 0 Å². The van der Waals surface area contributed by atoms with E-state index in [4.69, 9.17) is 5.73 Å². The number of hydrogen-bond acceptors (Lipinski definition) is 3. The monoisotopic (exact) mass is 239 g/mol. The Morgan fingerprint density at radius 2 is 2.06 bits per heavy atom. The van der Waals surface area contributed by atoms with Crippen molar-refractivity contribution in [2.75, 3.05) is 33.2 Å². The molecule has 1 atom stereocenters. The van der Waals surface area contributed by atoms with E-state index in [9.17, 15) is 0 Å². The minimum atomic E-state index is 0.295. The van der Waals surface area contributed by atoms with E-state index in [1.165, 1.54) is 58.2 Å². The normalized spacial score (nSPS) is 31.8. The van der Waals surface area contributed by atoms with Crippen LogP contribution in [0.5, 0.6) is 0 Å². The molecule has 0 amide bonds. The standard InChI is InChI=1S/C14H29N3/c1-3-9-17-10-4-7-14(12-15,8-11-17)16(2)13-5-6-13/h13H,3-12,15H2,1-2H3. The molecular weight excluding hydrogens is 210 g/mol. The second-order valence-electron chi connectivity index (χ2n) is 5.97. The van der Waals surface area contributed by atoms with Crippen molar-refractivity contribution in [2.45, 2.75) is 57.0 Å². The number of hydrogen-bond donors (Lipinski definition) is 1. The molecule has 0 aromatic carbocycles. The summed E-state index contributed by atoms with van der Waals surface area (Å²) in [7, 11) is 2.31. The van der Waals surface area contributed by atoms with Crippen molar-refractivity contribution in [3.05, 3.63) is 0 Å². The number of likely N-dealkylation sites (N-methyl/N-ethyl adjacent to an activating group) is 1. The summed E-state index contributed by atoms with van der Waals surface area (Å²) < 4.78 is 0. The molecule has 0 spiro atoms. The smallest absolute Gasteiger partial charge is 0.0344 e. The first kappa shape index (κ1) is 13.3. The summed E-state index contributed by atoms with van der Waals surface area (Å²) in [5.74, 6) is 0. The van der Waals surface area contributed by atoms with Crippen LogP contribution in [-0.2, 0) is 0 Å². The van der Waals surface area contributed by atoms with Crippen LogP contribution in [-0.4, -0.2) is 54.6 Å². The van der Waals surface area contributed by atoms with Gasteiger partial charge in [-0.1, -0.05) is 6.92 Å². The van der Waals surface area contributed by atoms with Gasteiger partial charge in [0.25, 0.3) is 0 Å². The molecule has 2 rings (SSSR count). The highest BCUT2D eigenvalue weighted by molar-refractivity contribution is 4.99. The molecule has 2 fully saturated rings. The Labute approximate surface area is 106 Å². The molecule has 3 heteroatoms. The lowest BCUT2D eigenvalue weighted by molar-refractivity contribution is 0.0986. The summed E-state index contributed by atoms with van der Waals surface area (Å²) in [6, 6.07) is 0.830. The van der Waals surface area contributed by atoms with Gasteiger partial charge in [0, 0.05) is 18.1 Å². The fourth-order valence-electron chi connectivity index (χ4n) is 3.32. The fourth-order valence-corrected chi connectivity index (χ4v) is 3.32. The molecule has 100 valence electrons. The third kappa shape index (κ3) is 3.01. The first-order valence-corrected chi connectivity index (χ1v) is 7.37. The summed E-state index contributed by atoms with van der Waals surface area (Å²) >= 11 is 0. The maximum absolute atomic E-state index is 6.13.